The van der Waals surface area contributed by atoms with Crippen LogP contribution in [0.4, 0.5) is 0 Å². The van der Waals surface area contributed by atoms with Crippen molar-refractivity contribution < 1.29 is 9.47 Å². The zero-order chi connectivity index (χ0) is 12.2. The summed E-state index contributed by atoms with van der Waals surface area (Å²) in [6.45, 7) is 0.605. The quantitative estimate of drug-likeness (QED) is 0.816. The maximum absolute atomic E-state index is 5.83. The Balaban J connectivity index is 1.60. The number of fused-ring (bicyclic) bond motifs is 1. The van der Waals surface area contributed by atoms with Crippen molar-refractivity contribution in [3.8, 4) is 5.75 Å². The largest absolute Gasteiger partial charge is 0.465 e. The van der Waals surface area contributed by atoms with E-state index in [-0.39, 0.29) is 6.29 Å². The fraction of sp³-hybridized carbons (Fsp3) is 0.250. The lowest BCUT2D eigenvalue weighted by molar-refractivity contribution is -0.0995. The number of hydrogen-bond acceptors (Lipinski definition) is 2. The Kier molecular flexibility index (Phi) is 3.29. The second-order valence-electron chi connectivity index (χ2n) is 4.49. The van der Waals surface area contributed by atoms with E-state index in [4.69, 9.17) is 9.47 Å². The first-order valence-corrected chi connectivity index (χ1v) is 6.32. The summed E-state index contributed by atoms with van der Waals surface area (Å²) in [7, 11) is 0. The van der Waals surface area contributed by atoms with Gasteiger partial charge in [0.1, 0.15) is 5.75 Å². The van der Waals surface area contributed by atoms with Crippen molar-refractivity contribution in [3.05, 3.63) is 65.7 Å². The molecule has 0 spiro atoms. The summed E-state index contributed by atoms with van der Waals surface area (Å²) in [6, 6.07) is 18.4. The summed E-state index contributed by atoms with van der Waals surface area (Å²) in [5, 5.41) is 0. The molecular weight excluding hydrogens is 224 g/mol. The molecule has 0 fully saturated rings. The lowest BCUT2D eigenvalue weighted by atomic mass is 10.1. The van der Waals surface area contributed by atoms with E-state index in [2.05, 4.69) is 18.2 Å². The molecule has 2 aromatic rings. The highest BCUT2D eigenvalue weighted by Crippen LogP contribution is 2.27. The van der Waals surface area contributed by atoms with Crippen molar-refractivity contribution in [3.63, 3.8) is 0 Å². The van der Waals surface area contributed by atoms with Crippen LogP contribution in [0.1, 0.15) is 17.5 Å². The number of rotatable bonds is 3. The fourth-order valence-electron chi connectivity index (χ4n) is 2.18. The molecule has 1 atom stereocenters. The molecule has 1 aliphatic rings. The predicted molar refractivity (Wildman–Crippen MR) is 70.4 cm³/mol. The second kappa shape index (κ2) is 5.23. The molecule has 1 aliphatic heterocycles. The SMILES string of the molecule is c1ccc(COC2CCc3ccccc3O2)cc1. The van der Waals surface area contributed by atoms with E-state index in [0.29, 0.717) is 6.61 Å². The van der Waals surface area contributed by atoms with Gasteiger partial charge < -0.3 is 9.47 Å². The molecular formula is C16H16O2. The van der Waals surface area contributed by atoms with Crippen molar-refractivity contribution in [1.29, 1.82) is 0 Å². The number of aryl methyl sites for hydroxylation is 1. The first-order valence-electron chi connectivity index (χ1n) is 6.32. The lowest BCUT2D eigenvalue weighted by Gasteiger charge is -2.25. The van der Waals surface area contributed by atoms with Crippen molar-refractivity contribution in [2.24, 2.45) is 0 Å². The van der Waals surface area contributed by atoms with Gasteiger partial charge in [0.05, 0.1) is 6.61 Å². The van der Waals surface area contributed by atoms with Crippen LogP contribution in [-0.4, -0.2) is 6.29 Å². The van der Waals surface area contributed by atoms with Crippen LogP contribution < -0.4 is 4.74 Å². The number of hydrogen-bond donors (Lipinski definition) is 0. The van der Waals surface area contributed by atoms with Gasteiger partial charge in [0.2, 0.25) is 6.29 Å². The van der Waals surface area contributed by atoms with Crippen LogP contribution in [0, 0.1) is 0 Å². The third kappa shape index (κ3) is 2.54. The molecule has 2 heteroatoms. The molecule has 92 valence electrons. The van der Waals surface area contributed by atoms with Crippen molar-refractivity contribution >= 4 is 0 Å². The highest BCUT2D eigenvalue weighted by molar-refractivity contribution is 5.34. The molecule has 0 N–H and O–H groups in total. The summed E-state index contributed by atoms with van der Waals surface area (Å²) in [4.78, 5) is 0. The van der Waals surface area contributed by atoms with Gasteiger partial charge in [-0.2, -0.15) is 0 Å². The standard InChI is InChI=1S/C16H16O2/c1-2-6-13(7-3-1)12-17-16-11-10-14-8-4-5-9-15(14)18-16/h1-9,16H,10-12H2. The van der Waals surface area contributed by atoms with E-state index in [1.165, 1.54) is 11.1 Å². The van der Waals surface area contributed by atoms with Gasteiger partial charge in [0, 0.05) is 6.42 Å². The molecule has 18 heavy (non-hydrogen) atoms. The summed E-state index contributed by atoms with van der Waals surface area (Å²) >= 11 is 0. The highest BCUT2D eigenvalue weighted by atomic mass is 16.7. The maximum Gasteiger partial charge on any atom is 0.200 e. The molecule has 1 unspecified atom stereocenters. The van der Waals surface area contributed by atoms with Crippen LogP contribution in [0.15, 0.2) is 54.6 Å². The minimum atomic E-state index is -0.125. The third-order valence-electron chi connectivity index (χ3n) is 3.16. The molecule has 0 radical (unpaired) electrons. The van der Waals surface area contributed by atoms with Crippen molar-refractivity contribution in [2.45, 2.75) is 25.7 Å². The maximum atomic E-state index is 5.83. The molecule has 0 aliphatic carbocycles. The molecule has 0 amide bonds. The zero-order valence-electron chi connectivity index (χ0n) is 10.2. The monoisotopic (exact) mass is 240 g/mol. The molecule has 0 saturated heterocycles. The van der Waals surface area contributed by atoms with Crippen LogP contribution in [0.5, 0.6) is 5.75 Å². The van der Waals surface area contributed by atoms with Crippen LogP contribution in [0.25, 0.3) is 0 Å². The van der Waals surface area contributed by atoms with E-state index in [1.807, 2.05) is 36.4 Å². The average molecular weight is 240 g/mol. The Bertz CT molecular complexity index is 508. The summed E-state index contributed by atoms with van der Waals surface area (Å²) in [5.74, 6) is 0.960. The summed E-state index contributed by atoms with van der Waals surface area (Å²) < 4.78 is 11.6. The van der Waals surface area contributed by atoms with Crippen LogP contribution >= 0.6 is 0 Å². The van der Waals surface area contributed by atoms with Gasteiger partial charge in [-0.05, 0) is 23.6 Å². The Morgan fingerprint density at radius 3 is 2.67 bits per heavy atom. The van der Waals surface area contributed by atoms with Gasteiger partial charge >= 0.3 is 0 Å². The van der Waals surface area contributed by atoms with Gasteiger partial charge in [0.15, 0.2) is 0 Å². The van der Waals surface area contributed by atoms with E-state index < -0.39 is 0 Å². The predicted octanol–water partition coefficient (Wildman–Crippen LogP) is 3.55. The Hall–Kier alpha value is -1.80. The average Bonchev–Trinajstić information content (AvgIpc) is 2.46. The van der Waals surface area contributed by atoms with Gasteiger partial charge in [-0.25, -0.2) is 0 Å². The molecule has 1 heterocycles. The Morgan fingerprint density at radius 1 is 1.00 bits per heavy atom. The first kappa shape index (κ1) is 11.3. The minimum Gasteiger partial charge on any atom is -0.465 e. The van der Waals surface area contributed by atoms with E-state index >= 15 is 0 Å². The van der Waals surface area contributed by atoms with E-state index in [9.17, 15) is 0 Å². The fourth-order valence-corrected chi connectivity index (χ4v) is 2.18. The third-order valence-corrected chi connectivity index (χ3v) is 3.16. The molecule has 0 bridgehead atoms. The van der Waals surface area contributed by atoms with Gasteiger partial charge in [-0.1, -0.05) is 48.5 Å². The molecule has 2 aromatic carbocycles. The highest BCUT2D eigenvalue weighted by Gasteiger charge is 2.19. The van der Waals surface area contributed by atoms with Gasteiger partial charge in [-0.15, -0.1) is 0 Å². The van der Waals surface area contributed by atoms with Crippen LogP contribution in [0.2, 0.25) is 0 Å². The Labute approximate surface area is 107 Å². The van der Waals surface area contributed by atoms with E-state index in [0.717, 1.165) is 18.6 Å². The zero-order valence-corrected chi connectivity index (χ0v) is 10.2. The molecule has 3 rings (SSSR count). The van der Waals surface area contributed by atoms with Gasteiger partial charge in [-0.3, -0.25) is 0 Å². The number of ether oxygens (including phenoxy) is 2. The summed E-state index contributed by atoms with van der Waals surface area (Å²) in [6.07, 6.45) is 1.82. The first-order chi connectivity index (χ1) is 8.92. The molecule has 2 nitrogen and oxygen atoms in total. The Morgan fingerprint density at radius 2 is 1.78 bits per heavy atom. The van der Waals surface area contributed by atoms with Crippen molar-refractivity contribution in [1.82, 2.24) is 0 Å². The normalized spacial score (nSPS) is 17.9. The topological polar surface area (TPSA) is 18.5 Å². The van der Waals surface area contributed by atoms with Gasteiger partial charge in [0.25, 0.3) is 0 Å². The summed E-state index contributed by atoms with van der Waals surface area (Å²) in [5.41, 5.74) is 2.46. The second-order valence-corrected chi connectivity index (χ2v) is 4.49. The van der Waals surface area contributed by atoms with E-state index in [1.54, 1.807) is 0 Å². The van der Waals surface area contributed by atoms with Crippen LogP contribution in [0.3, 0.4) is 0 Å². The minimum absolute atomic E-state index is 0.125. The smallest absolute Gasteiger partial charge is 0.200 e. The molecule has 0 saturated carbocycles. The number of para-hydroxylation sites is 1. The lowest BCUT2D eigenvalue weighted by Crippen LogP contribution is -2.25. The number of benzene rings is 2. The molecule has 0 aromatic heterocycles. The van der Waals surface area contributed by atoms with Crippen molar-refractivity contribution in [2.75, 3.05) is 0 Å². The van der Waals surface area contributed by atoms with Crippen LogP contribution in [-0.2, 0) is 17.8 Å².